The quantitative estimate of drug-likeness (QED) is 0.359. The minimum atomic E-state index is -4.03. The second-order valence-corrected chi connectivity index (χ2v) is 11.7. The van der Waals surface area contributed by atoms with Crippen molar-refractivity contribution in [1.29, 1.82) is 0 Å². The molecule has 0 aliphatic rings. The summed E-state index contributed by atoms with van der Waals surface area (Å²) in [6.45, 7) is 5.19. The van der Waals surface area contributed by atoms with Crippen LogP contribution >= 0.6 is 0 Å². The Morgan fingerprint density at radius 3 is 2.13 bits per heavy atom. The van der Waals surface area contributed by atoms with Crippen LogP contribution in [0, 0.1) is 12.7 Å². The number of halogens is 1. The highest BCUT2D eigenvalue weighted by molar-refractivity contribution is 7.92. The molecule has 7 nitrogen and oxygen atoms in total. The highest BCUT2D eigenvalue weighted by atomic mass is 32.2. The van der Waals surface area contributed by atoms with Gasteiger partial charge in [0.25, 0.3) is 0 Å². The van der Waals surface area contributed by atoms with E-state index in [-0.39, 0.29) is 30.6 Å². The van der Waals surface area contributed by atoms with E-state index in [0.29, 0.717) is 6.42 Å². The molecular formula is C30H36FN3O4S. The number of hydrogen-bond donors (Lipinski definition) is 1. The van der Waals surface area contributed by atoms with Crippen molar-refractivity contribution in [3.05, 3.63) is 101 Å². The van der Waals surface area contributed by atoms with E-state index in [4.69, 9.17) is 0 Å². The van der Waals surface area contributed by atoms with Gasteiger partial charge < -0.3 is 10.2 Å². The number of carbonyl (C=O) groups is 2. The minimum Gasteiger partial charge on any atom is -0.352 e. The zero-order chi connectivity index (χ0) is 28.6. The summed E-state index contributed by atoms with van der Waals surface area (Å²) in [5, 5.41) is 2.98. The van der Waals surface area contributed by atoms with Crippen LogP contribution in [0.15, 0.2) is 78.9 Å². The highest BCUT2D eigenvalue weighted by Crippen LogP contribution is 2.23. The Morgan fingerprint density at radius 2 is 1.54 bits per heavy atom. The van der Waals surface area contributed by atoms with E-state index in [0.717, 1.165) is 33.3 Å². The van der Waals surface area contributed by atoms with Gasteiger partial charge in [-0.15, -0.1) is 0 Å². The zero-order valence-corrected chi connectivity index (χ0v) is 23.6. The number of hydrogen-bond acceptors (Lipinski definition) is 4. The Labute approximate surface area is 230 Å². The van der Waals surface area contributed by atoms with Gasteiger partial charge in [-0.25, -0.2) is 12.8 Å². The van der Waals surface area contributed by atoms with Crippen LogP contribution < -0.4 is 9.62 Å². The molecule has 0 aliphatic carbocycles. The predicted molar refractivity (Wildman–Crippen MR) is 152 cm³/mol. The fourth-order valence-electron chi connectivity index (χ4n) is 4.13. The fourth-order valence-corrected chi connectivity index (χ4v) is 4.98. The summed E-state index contributed by atoms with van der Waals surface area (Å²) in [5.41, 5.74) is 2.43. The molecule has 0 heterocycles. The van der Waals surface area contributed by atoms with Crippen molar-refractivity contribution in [2.75, 3.05) is 17.1 Å². The zero-order valence-electron chi connectivity index (χ0n) is 22.8. The van der Waals surface area contributed by atoms with E-state index in [9.17, 15) is 22.4 Å². The number of rotatable bonds is 12. The lowest BCUT2D eigenvalue weighted by Crippen LogP contribution is -2.54. The second kappa shape index (κ2) is 13.4. The molecule has 0 unspecified atom stereocenters. The van der Waals surface area contributed by atoms with Gasteiger partial charge in [0.05, 0.1) is 11.9 Å². The summed E-state index contributed by atoms with van der Waals surface area (Å²) in [5.74, 6) is -1.73. The highest BCUT2D eigenvalue weighted by Gasteiger charge is 2.34. The van der Waals surface area contributed by atoms with Gasteiger partial charge >= 0.3 is 0 Å². The van der Waals surface area contributed by atoms with Gasteiger partial charge in [0, 0.05) is 19.0 Å². The molecule has 2 atom stereocenters. The standard InChI is InChI=1S/C30H36FN3O4S/c1-5-23(3)32-30(36)28(19-24-11-7-6-8-12-24)33(20-25-17-15-22(2)16-18-25)29(35)21-34(39(4,37)38)27-14-10-9-13-26(27)31/h6-18,23,28H,5,19-21H2,1-4H3,(H,32,36)/t23-,28+/m0/s1. The van der Waals surface area contributed by atoms with Gasteiger partial charge in [0.2, 0.25) is 21.8 Å². The van der Waals surface area contributed by atoms with Gasteiger partial charge in [0.15, 0.2) is 0 Å². The lowest BCUT2D eigenvalue weighted by atomic mass is 10.0. The van der Waals surface area contributed by atoms with Crippen molar-refractivity contribution < 1.29 is 22.4 Å². The third-order valence-corrected chi connectivity index (χ3v) is 7.67. The molecule has 0 spiro atoms. The summed E-state index contributed by atoms with van der Waals surface area (Å²) in [7, 11) is -4.03. The molecule has 0 aliphatic heterocycles. The van der Waals surface area contributed by atoms with Crippen LogP contribution in [0.5, 0.6) is 0 Å². The molecule has 0 radical (unpaired) electrons. The third kappa shape index (κ3) is 8.38. The van der Waals surface area contributed by atoms with Crippen molar-refractivity contribution in [3.63, 3.8) is 0 Å². The number of carbonyl (C=O) groups excluding carboxylic acids is 2. The maximum atomic E-state index is 14.7. The molecule has 0 bridgehead atoms. The number of nitrogens with one attached hydrogen (secondary N) is 1. The van der Waals surface area contributed by atoms with Crippen molar-refractivity contribution in [3.8, 4) is 0 Å². The largest absolute Gasteiger partial charge is 0.352 e. The van der Waals surface area contributed by atoms with Gasteiger partial charge in [-0.05, 0) is 43.5 Å². The van der Waals surface area contributed by atoms with Gasteiger partial charge in [-0.2, -0.15) is 0 Å². The van der Waals surface area contributed by atoms with Crippen LogP contribution in [0.2, 0.25) is 0 Å². The fraction of sp³-hybridized carbons (Fsp3) is 0.333. The Bertz CT molecular complexity index is 1360. The molecular weight excluding hydrogens is 517 g/mol. The second-order valence-electron chi connectivity index (χ2n) is 9.75. The first kappa shape index (κ1) is 29.8. The van der Waals surface area contributed by atoms with Gasteiger partial charge in [-0.1, -0.05) is 79.2 Å². The van der Waals surface area contributed by atoms with E-state index in [1.807, 2.05) is 75.4 Å². The molecule has 0 saturated carbocycles. The first-order valence-corrected chi connectivity index (χ1v) is 14.8. The van der Waals surface area contributed by atoms with Crippen LogP contribution in [0.3, 0.4) is 0 Å². The summed E-state index contributed by atoms with van der Waals surface area (Å²) in [6, 6.07) is 21.2. The molecule has 0 aromatic heterocycles. The third-order valence-electron chi connectivity index (χ3n) is 6.55. The SMILES string of the molecule is CC[C@H](C)NC(=O)[C@@H](Cc1ccccc1)N(Cc1ccc(C)cc1)C(=O)CN(c1ccccc1F)S(C)(=O)=O. The number of para-hydroxylation sites is 1. The molecule has 0 saturated heterocycles. The maximum absolute atomic E-state index is 14.7. The number of nitrogens with zero attached hydrogens (tertiary/aromatic N) is 2. The number of anilines is 1. The topological polar surface area (TPSA) is 86.8 Å². The van der Waals surface area contributed by atoms with Crippen LogP contribution in [0.4, 0.5) is 10.1 Å². The van der Waals surface area contributed by atoms with Crippen molar-refractivity contribution >= 4 is 27.5 Å². The Hall–Kier alpha value is -3.72. The smallest absolute Gasteiger partial charge is 0.244 e. The summed E-state index contributed by atoms with van der Waals surface area (Å²) >= 11 is 0. The molecule has 208 valence electrons. The first-order valence-electron chi connectivity index (χ1n) is 12.9. The number of benzene rings is 3. The molecule has 39 heavy (non-hydrogen) atoms. The van der Waals surface area contributed by atoms with Crippen molar-refractivity contribution in [2.24, 2.45) is 0 Å². The molecule has 0 fully saturated rings. The van der Waals surface area contributed by atoms with Crippen molar-refractivity contribution in [1.82, 2.24) is 10.2 Å². The summed E-state index contributed by atoms with van der Waals surface area (Å²) in [6.07, 6.45) is 1.85. The van der Waals surface area contributed by atoms with Crippen LogP contribution in [-0.4, -0.2) is 50.0 Å². The number of sulfonamides is 1. The lowest BCUT2D eigenvalue weighted by Gasteiger charge is -2.34. The molecule has 3 aromatic rings. The predicted octanol–water partition coefficient (Wildman–Crippen LogP) is 4.45. The maximum Gasteiger partial charge on any atom is 0.244 e. The minimum absolute atomic E-state index is 0.0689. The first-order chi connectivity index (χ1) is 18.5. The van der Waals surface area contributed by atoms with Crippen molar-refractivity contribution in [2.45, 2.75) is 52.2 Å². The molecule has 9 heteroatoms. The molecule has 3 aromatic carbocycles. The lowest BCUT2D eigenvalue weighted by molar-refractivity contribution is -0.140. The summed E-state index contributed by atoms with van der Waals surface area (Å²) < 4.78 is 40.9. The van der Waals surface area contributed by atoms with Crippen LogP contribution in [0.1, 0.15) is 37.0 Å². The van der Waals surface area contributed by atoms with E-state index in [2.05, 4.69) is 5.32 Å². The van der Waals surface area contributed by atoms with Gasteiger partial charge in [-0.3, -0.25) is 13.9 Å². The van der Waals surface area contributed by atoms with Gasteiger partial charge in [0.1, 0.15) is 18.4 Å². The van der Waals surface area contributed by atoms with E-state index < -0.39 is 34.3 Å². The van der Waals surface area contributed by atoms with Crippen LogP contribution in [0.25, 0.3) is 0 Å². The monoisotopic (exact) mass is 553 g/mol. The normalized spacial score (nSPS) is 12.8. The van der Waals surface area contributed by atoms with Crippen LogP contribution in [-0.2, 0) is 32.6 Å². The number of aryl methyl sites for hydroxylation is 1. The Balaban J connectivity index is 2.06. The van der Waals surface area contributed by atoms with E-state index in [1.54, 1.807) is 0 Å². The molecule has 1 N–H and O–H groups in total. The summed E-state index contributed by atoms with van der Waals surface area (Å²) in [4.78, 5) is 29.0. The van der Waals surface area contributed by atoms with E-state index >= 15 is 0 Å². The Kier molecular flexibility index (Phi) is 10.2. The number of amides is 2. The average molecular weight is 554 g/mol. The molecule has 3 rings (SSSR count). The molecule has 2 amide bonds. The van der Waals surface area contributed by atoms with E-state index in [1.165, 1.54) is 23.1 Å². The average Bonchev–Trinajstić information content (AvgIpc) is 2.90. The Morgan fingerprint density at radius 1 is 0.923 bits per heavy atom.